The predicted molar refractivity (Wildman–Crippen MR) is 92.8 cm³/mol. The molecule has 2 N–H and O–H groups in total. The molecule has 6 heteroatoms. The van der Waals surface area contributed by atoms with Gasteiger partial charge in [-0.1, -0.05) is 18.2 Å². The number of benzene rings is 1. The SMILES string of the molecule is Cc1ccccc1-n1nc(C(=O)N2C[C@@H](CO)[C@@H](O)C2)c2c1CCC2. The van der Waals surface area contributed by atoms with Gasteiger partial charge in [-0.25, -0.2) is 4.68 Å². The van der Waals surface area contributed by atoms with E-state index >= 15 is 0 Å². The molecule has 1 fully saturated rings. The predicted octanol–water partition coefficient (Wildman–Crippen LogP) is 1.09. The second kappa shape index (κ2) is 6.28. The van der Waals surface area contributed by atoms with E-state index in [4.69, 9.17) is 0 Å². The highest BCUT2D eigenvalue weighted by Gasteiger charge is 2.37. The summed E-state index contributed by atoms with van der Waals surface area (Å²) in [5, 5.41) is 24.0. The van der Waals surface area contributed by atoms with Crippen LogP contribution in [0.25, 0.3) is 5.69 Å². The maximum Gasteiger partial charge on any atom is 0.274 e. The molecule has 25 heavy (non-hydrogen) atoms. The molecule has 0 bridgehead atoms. The van der Waals surface area contributed by atoms with E-state index in [9.17, 15) is 15.0 Å². The molecule has 0 radical (unpaired) electrons. The standard InChI is InChI=1S/C19H23N3O3/c1-12-5-2-3-7-15(12)22-16-8-4-6-14(16)18(20-22)19(25)21-9-13(11-23)17(24)10-21/h2-3,5,7,13,17,23-24H,4,6,8-11H2,1H3/t13-,17-/m0/s1. The van der Waals surface area contributed by atoms with Crippen molar-refractivity contribution in [3.8, 4) is 5.69 Å². The average molecular weight is 341 g/mol. The molecule has 132 valence electrons. The Morgan fingerprint density at radius 2 is 2.08 bits per heavy atom. The van der Waals surface area contributed by atoms with Crippen molar-refractivity contribution in [2.24, 2.45) is 5.92 Å². The number of carbonyl (C=O) groups is 1. The Kier molecular flexibility index (Phi) is 4.09. The maximum absolute atomic E-state index is 13.0. The lowest BCUT2D eigenvalue weighted by atomic mass is 10.1. The molecule has 1 amide bonds. The number of rotatable bonds is 3. The van der Waals surface area contributed by atoms with Crippen molar-refractivity contribution in [3.05, 3.63) is 46.8 Å². The summed E-state index contributed by atoms with van der Waals surface area (Å²) in [6, 6.07) is 8.05. The van der Waals surface area contributed by atoms with Crippen LogP contribution in [0.15, 0.2) is 24.3 Å². The fourth-order valence-corrected chi connectivity index (χ4v) is 3.96. The van der Waals surface area contributed by atoms with Gasteiger partial charge in [0, 0.05) is 30.3 Å². The van der Waals surface area contributed by atoms with Crippen LogP contribution in [0.1, 0.15) is 33.7 Å². The summed E-state index contributed by atoms with van der Waals surface area (Å²) in [5.41, 5.74) is 4.79. The number of likely N-dealkylation sites (tertiary alicyclic amines) is 1. The highest BCUT2D eigenvalue weighted by molar-refractivity contribution is 5.94. The van der Waals surface area contributed by atoms with Crippen molar-refractivity contribution in [3.63, 3.8) is 0 Å². The minimum absolute atomic E-state index is 0.110. The number of hydrogen-bond acceptors (Lipinski definition) is 4. The molecule has 2 aromatic rings. The third kappa shape index (κ3) is 2.65. The Labute approximate surface area is 146 Å². The van der Waals surface area contributed by atoms with Gasteiger partial charge in [-0.3, -0.25) is 4.79 Å². The molecule has 6 nitrogen and oxygen atoms in total. The van der Waals surface area contributed by atoms with Crippen LogP contribution in [0.3, 0.4) is 0 Å². The van der Waals surface area contributed by atoms with E-state index in [1.165, 1.54) is 0 Å². The number of amides is 1. The first-order valence-corrected chi connectivity index (χ1v) is 8.85. The Morgan fingerprint density at radius 1 is 1.28 bits per heavy atom. The molecule has 2 heterocycles. The van der Waals surface area contributed by atoms with Crippen LogP contribution in [-0.2, 0) is 12.8 Å². The van der Waals surface area contributed by atoms with Gasteiger partial charge in [0.2, 0.25) is 0 Å². The number of nitrogens with zero attached hydrogens (tertiary/aromatic N) is 3. The first-order valence-electron chi connectivity index (χ1n) is 8.85. The molecule has 1 saturated heterocycles. The van der Waals surface area contributed by atoms with E-state index in [2.05, 4.69) is 5.10 Å². The van der Waals surface area contributed by atoms with Gasteiger partial charge < -0.3 is 15.1 Å². The monoisotopic (exact) mass is 341 g/mol. The average Bonchev–Trinajstić information content (AvgIpc) is 3.29. The van der Waals surface area contributed by atoms with Crippen LogP contribution in [0.5, 0.6) is 0 Å². The zero-order valence-electron chi connectivity index (χ0n) is 14.4. The quantitative estimate of drug-likeness (QED) is 0.876. The van der Waals surface area contributed by atoms with E-state index in [1.807, 2.05) is 35.9 Å². The van der Waals surface area contributed by atoms with Crippen molar-refractivity contribution in [1.29, 1.82) is 0 Å². The van der Waals surface area contributed by atoms with E-state index < -0.39 is 6.10 Å². The van der Waals surface area contributed by atoms with E-state index in [0.29, 0.717) is 12.2 Å². The number of carbonyl (C=O) groups excluding carboxylic acids is 1. The summed E-state index contributed by atoms with van der Waals surface area (Å²) in [6.45, 7) is 2.57. The lowest BCUT2D eigenvalue weighted by Gasteiger charge is -2.15. The summed E-state index contributed by atoms with van der Waals surface area (Å²) in [7, 11) is 0. The maximum atomic E-state index is 13.0. The first kappa shape index (κ1) is 16.3. The van der Waals surface area contributed by atoms with Crippen LogP contribution in [0, 0.1) is 12.8 Å². The minimum Gasteiger partial charge on any atom is -0.396 e. The Bertz CT molecular complexity index is 814. The van der Waals surface area contributed by atoms with Gasteiger partial charge in [-0.2, -0.15) is 5.10 Å². The van der Waals surface area contributed by atoms with Gasteiger partial charge in [-0.15, -0.1) is 0 Å². The Hall–Kier alpha value is -2.18. The number of para-hydroxylation sites is 1. The number of aliphatic hydroxyl groups is 2. The van der Waals surface area contributed by atoms with E-state index in [0.717, 1.165) is 41.8 Å². The molecule has 0 spiro atoms. The number of hydrogen-bond donors (Lipinski definition) is 2. The van der Waals surface area contributed by atoms with E-state index in [-0.39, 0.29) is 25.0 Å². The Morgan fingerprint density at radius 3 is 2.80 bits per heavy atom. The van der Waals surface area contributed by atoms with Gasteiger partial charge in [0.05, 0.1) is 18.4 Å². The van der Waals surface area contributed by atoms with Gasteiger partial charge in [-0.05, 0) is 37.8 Å². The summed E-state index contributed by atoms with van der Waals surface area (Å²) in [6.07, 6.45) is 2.15. The second-order valence-electron chi connectivity index (χ2n) is 7.05. The van der Waals surface area contributed by atoms with Gasteiger partial charge in [0.1, 0.15) is 0 Å². The molecule has 0 saturated carbocycles. The number of fused-ring (bicyclic) bond motifs is 1. The van der Waals surface area contributed by atoms with Gasteiger partial charge >= 0.3 is 0 Å². The van der Waals surface area contributed by atoms with Crippen LogP contribution in [-0.4, -0.2) is 56.6 Å². The molecule has 2 atom stereocenters. The molecule has 2 aliphatic rings. The number of aliphatic hydroxyl groups excluding tert-OH is 2. The van der Waals surface area contributed by atoms with Crippen LogP contribution >= 0.6 is 0 Å². The molecule has 1 aromatic carbocycles. The normalized spacial score (nSPS) is 22.4. The largest absolute Gasteiger partial charge is 0.396 e. The number of aromatic nitrogens is 2. The minimum atomic E-state index is -0.666. The second-order valence-corrected chi connectivity index (χ2v) is 7.05. The van der Waals surface area contributed by atoms with Crippen molar-refractivity contribution < 1.29 is 15.0 Å². The molecule has 1 aliphatic heterocycles. The zero-order valence-corrected chi connectivity index (χ0v) is 14.4. The number of β-amino-alcohol motifs (C(OH)–C–C–N with tert-alkyl or cyclic N) is 1. The van der Waals surface area contributed by atoms with Crippen molar-refractivity contribution in [1.82, 2.24) is 14.7 Å². The molecule has 4 rings (SSSR count). The Balaban J connectivity index is 1.71. The highest BCUT2D eigenvalue weighted by atomic mass is 16.3. The fourth-order valence-electron chi connectivity index (χ4n) is 3.96. The summed E-state index contributed by atoms with van der Waals surface area (Å²) < 4.78 is 1.92. The highest BCUT2D eigenvalue weighted by Crippen LogP contribution is 2.30. The molecule has 0 unspecified atom stereocenters. The summed E-state index contributed by atoms with van der Waals surface area (Å²) >= 11 is 0. The topological polar surface area (TPSA) is 78.6 Å². The number of aryl methyl sites for hydroxylation is 1. The van der Waals surface area contributed by atoms with Crippen molar-refractivity contribution in [2.75, 3.05) is 19.7 Å². The van der Waals surface area contributed by atoms with Crippen LogP contribution in [0.2, 0.25) is 0 Å². The third-order valence-electron chi connectivity index (χ3n) is 5.40. The lowest BCUT2D eigenvalue weighted by Crippen LogP contribution is -2.30. The van der Waals surface area contributed by atoms with Crippen LogP contribution < -0.4 is 0 Å². The summed E-state index contributed by atoms with van der Waals surface area (Å²) in [4.78, 5) is 14.6. The molecule has 1 aromatic heterocycles. The van der Waals surface area contributed by atoms with Crippen molar-refractivity contribution >= 4 is 5.91 Å². The molecular formula is C19H23N3O3. The summed E-state index contributed by atoms with van der Waals surface area (Å²) in [5.74, 6) is -0.407. The van der Waals surface area contributed by atoms with Gasteiger partial charge in [0.25, 0.3) is 5.91 Å². The van der Waals surface area contributed by atoms with E-state index in [1.54, 1.807) is 4.90 Å². The molecular weight excluding hydrogens is 318 g/mol. The van der Waals surface area contributed by atoms with Gasteiger partial charge in [0.15, 0.2) is 5.69 Å². The molecule has 1 aliphatic carbocycles. The zero-order chi connectivity index (χ0) is 17.6. The fraction of sp³-hybridized carbons (Fsp3) is 0.474. The van der Waals surface area contributed by atoms with Crippen LogP contribution in [0.4, 0.5) is 0 Å². The third-order valence-corrected chi connectivity index (χ3v) is 5.40. The van der Waals surface area contributed by atoms with Crippen molar-refractivity contribution in [2.45, 2.75) is 32.3 Å². The lowest BCUT2D eigenvalue weighted by molar-refractivity contribution is 0.0756. The first-order chi connectivity index (χ1) is 12.1. The smallest absolute Gasteiger partial charge is 0.274 e.